The van der Waals surface area contributed by atoms with Gasteiger partial charge in [-0.05, 0) is 40.6 Å². The van der Waals surface area contributed by atoms with Crippen molar-refractivity contribution < 1.29 is 19.2 Å². The Kier molecular flexibility index (Phi) is 4.95. The Hall–Kier alpha value is -3.74. The van der Waals surface area contributed by atoms with E-state index in [1.165, 1.54) is 12.1 Å². The van der Waals surface area contributed by atoms with Crippen molar-refractivity contribution in [2.75, 3.05) is 11.4 Å². The van der Waals surface area contributed by atoms with Crippen LogP contribution in [0.2, 0.25) is 0 Å². The lowest BCUT2D eigenvalue weighted by molar-refractivity contribution is -0.384. The monoisotopic (exact) mass is 390 g/mol. The molecule has 1 amide bonds. The van der Waals surface area contributed by atoms with Crippen LogP contribution >= 0.6 is 0 Å². The van der Waals surface area contributed by atoms with Crippen LogP contribution in [-0.4, -0.2) is 23.3 Å². The van der Waals surface area contributed by atoms with Crippen LogP contribution in [0.4, 0.5) is 11.4 Å². The van der Waals surface area contributed by atoms with Gasteiger partial charge in [-0.15, -0.1) is 0 Å². The first kappa shape index (κ1) is 18.6. The first-order valence-corrected chi connectivity index (χ1v) is 9.20. The Morgan fingerprint density at radius 2 is 1.79 bits per heavy atom. The Bertz CT molecular complexity index is 1090. The highest BCUT2D eigenvalue weighted by Crippen LogP contribution is 2.29. The van der Waals surface area contributed by atoms with Gasteiger partial charge < -0.3 is 9.64 Å². The van der Waals surface area contributed by atoms with Crippen molar-refractivity contribution in [1.29, 1.82) is 0 Å². The van der Waals surface area contributed by atoms with E-state index < -0.39 is 16.8 Å². The molecule has 1 aliphatic rings. The molecule has 1 atom stereocenters. The van der Waals surface area contributed by atoms with Gasteiger partial charge in [-0.2, -0.15) is 0 Å². The van der Waals surface area contributed by atoms with Crippen molar-refractivity contribution in [2.45, 2.75) is 13.0 Å². The van der Waals surface area contributed by atoms with Crippen molar-refractivity contribution in [3.05, 3.63) is 82.4 Å². The zero-order valence-electron chi connectivity index (χ0n) is 15.5. The van der Waals surface area contributed by atoms with E-state index in [2.05, 4.69) is 0 Å². The molecule has 0 unspecified atom stereocenters. The number of carbonyl (C=O) groups is 2. The number of anilines is 1. The fourth-order valence-electron chi connectivity index (χ4n) is 3.45. The Morgan fingerprint density at radius 3 is 2.52 bits per heavy atom. The van der Waals surface area contributed by atoms with Crippen molar-refractivity contribution in [2.24, 2.45) is 5.92 Å². The minimum Gasteiger partial charge on any atom is -0.461 e. The lowest BCUT2D eigenvalue weighted by atomic mass is 10.1. The number of nitrogens with zero attached hydrogens (tertiary/aromatic N) is 2. The second-order valence-electron chi connectivity index (χ2n) is 6.97. The van der Waals surface area contributed by atoms with E-state index in [0.717, 1.165) is 16.5 Å². The number of fused-ring (bicyclic) bond motifs is 1. The van der Waals surface area contributed by atoms with E-state index in [0.29, 0.717) is 5.56 Å². The molecule has 146 valence electrons. The average Bonchev–Trinajstić information content (AvgIpc) is 3.13. The Morgan fingerprint density at radius 1 is 1.07 bits per heavy atom. The molecule has 0 radical (unpaired) electrons. The van der Waals surface area contributed by atoms with Gasteiger partial charge in [0, 0.05) is 30.8 Å². The van der Waals surface area contributed by atoms with E-state index in [4.69, 9.17) is 4.74 Å². The molecule has 7 nitrogen and oxygen atoms in total. The Labute approximate surface area is 166 Å². The quantitative estimate of drug-likeness (QED) is 0.375. The highest BCUT2D eigenvalue weighted by Gasteiger charge is 2.36. The molecule has 0 aliphatic carbocycles. The smallest absolute Gasteiger partial charge is 0.311 e. The van der Waals surface area contributed by atoms with Crippen LogP contribution in [0.3, 0.4) is 0 Å². The number of esters is 1. The van der Waals surface area contributed by atoms with Crippen molar-refractivity contribution >= 4 is 34.0 Å². The maximum atomic E-state index is 12.5. The number of hydrogen-bond acceptors (Lipinski definition) is 5. The van der Waals surface area contributed by atoms with Gasteiger partial charge in [0.05, 0.1) is 10.8 Å². The number of amides is 1. The molecule has 3 aromatic carbocycles. The molecule has 1 fully saturated rings. The normalized spacial score (nSPS) is 16.2. The van der Waals surface area contributed by atoms with E-state index >= 15 is 0 Å². The second-order valence-corrected chi connectivity index (χ2v) is 6.97. The predicted molar refractivity (Wildman–Crippen MR) is 107 cm³/mol. The van der Waals surface area contributed by atoms with Gasteiger partial charge in [-0.25, -0.2) is 0 Å². The third-order valence-electron chi connectivity index (χ3n) is 5.03. The number of rotatable bonds is 5. The number of carbonyl (C=O) groups excluding carboxylic acids is 2. The number of nitro groups is 1. The molecule has 1 saturated heterocycles. The molecule has 4 rings (SSSR count). The molecular formula is C22H18N2O5. The summed E-state index contributed by atoms with van der Waals surface area (Å²) < 4.78 is 5.33. The fraction of sp³-hybridized carbons (Fsp3) is 0.182. The summed E-state index contributed by atoms with van der Waals surface area (Å²) in [7, 11) is 0. The first-order chi connectivity index (χ1) is 14.0. The van der Waals surface area contributed by atoms with Crippen LogP contribution in [0, 0.1) is 16.0 Å². The summed E-state index contributed by atoms with van der Waals surface area (Å²) in [6.45, 7) is 0.285. The molecule has 29 heavy (non-hydrogen) atoms. The second kappa shape index (κ2) is 7.71. The van der Waals surface area contributed by atoms with Crippen LogP contribution in [-0.2, 0) is 20.9 Å². The van der Waals surface area contributed by atoms with Gasteiger partial charge in [0.1, 0.15) is 6.61 Å². The lowest BCUT2D eigenvalue weighted by Gasteiger charge is -2.17. The lowest BCUT2D eigenvalue weighted by Crippen LogP contribution is -2.26. The van der Waals surface area contributed by atoms with Gasteiger partial charge in [0.2, 0.25) is 5.91 Å². The van der Waals surface area contributed by atoms with Crippen molar-refractivity contribution in [1.82, 2.24) is 0 Å². The van der Waals surface area contributed by atoms with E-state index in [1.54, 1.807) is 17.0 Å². The maximum absolute atomic E-state index is 12.5. The van der Waals surface area contributed by atoms with Gasteiger partial charge in [0.25, 0.3) is 5.69 Å². The number of benzene rings is 3. The third kappa shape index (κ3) is 3.94. The van der Waals surface area contributed by atoms with E-state index in [1.807, 2.05) is 42.5 Å². The van der Waals surface area contributed by atoms with Crippen molar-refractivity contribution in [3.63, 3.8) is 0 Å². The molecule has 0 saturated carbocycles. The minimum absolute atomic E-state index is 0.0114. The zero-order chi connectivity index (χ0) is 20.4. The number of nitro benzene ring substituents is 1. The summed E-state index contributed by atoms with van der Waals surface area (Å²) in [5, 5.41) is 12.8. The minimum atomic E-state index is -0.535. The van der Waals surface area contributed by atoms with Gasteiger partial charge in [-0.3, -0.25) is 19.7 Å². The predicted octanol–water partition coefficient (Wildman–Crippen LogP) is 3.84. The van der Waals surface area contributed by atoms with Crippen LogP contribution < -0.4 is 4.90 Å². The van der Waals surface area contributed by atoms with Crippen LogP contribution in [0.5, 0.6) is 0 Å². The molecule has 0 aromatic heterocycles. The zero-order valence-corrected chi connectivity index (χ0v) is 15.5. The summed E-state index contributed by atoms with van der Waals surface area (Å²) in [6, 6.07) is 19.5. The van der Waals surface area contributed by atoms with Crippen LogP contribution in [0.15, 0.2) is 66.7 Å². The molecule has 0 bridgehead atoms. The fourth-order valence-corrected chi connectivity index (χ4v) is 3.45. The van der Waals surface area contributed by atoms with Gasteiger partial charge >= 0.3 is 5.97 Å². The molecule has 0 spiro atoms. The number of hydrogen-bond donors (Lipinski definition) is 0. The summed E-state index contributed by atoms with van der Waals surface area (Å²) in [5.41, 5.74) is 1.39. The van der Waals surface area contributed by atoms with E-state index in [9.17, 15) is 19.7 Å². The Balaban J connectivity index is 1.40. The largest absolute Gasteiger partial charge is 0.461 e. The van der Waals surface area contributed by atoms with Crippen LogP contribution in [0.1, 0.15) is 12.0 Å². The van der Waals surface area contributed by atoms with Crippen molar-refractivity contribution in [3.8, 4) is 0 Å². The molecule has 3 aromatic rings. The standard InChI is InChI=1S/C22H18N2O5/c25-21-12-18(22(26)29-14-15-5-8-19(9-6-15)24(27)28)13-23(21)20-10-7-16-3-1-2-4-17(16)11-20/h1-11,18H,12-14H2/t18-/m0/s1. The highest BCUT2D eigenvalue weighted by atomic mass is 16.6. The maximum Gasteiger partial charge on any atom is 0.311 e. The topological polar surface area (TPSA) is 89.7 Å². The summed E-state index contributed by atoms with van der Waals surface area (Å²) >= 11 is 0. The number of non-ortho nitro benzene ring substituents is 1. The van der Waals surface area contributed by atoms with E-state index in [-0.39, 0.29) is 31.2 Å². The average molecular weight is 390 g/mol. The molecule has 1 heterocycles. The van der Waals surface area contributed by atoms with Gasteiger partial charge in [0.15, 0.2) is 0 Å². The number of ether oxygens (including phenoxy) is 1. The molecular weight excluding hydrogens is 372 g/mol. The van der Waals surface area contributed by atoms with Crippen LogP contribution in [0.25, 0.3) is 10.8 Å². The van der Waals surface area contributed by atoms with Gasteiger partial charge in [-0.1, -0.05) is 30.3 Å². The first-order valence-electron chi connectivity index (χ1n) is 9.20. The highest BCUT2D eigenvalue weighted by molar-refractivity contribution is 6.01. The SMILES string of the molecule is O=C(OCc1ccc([N+](=O)[O-])cc1)[C@H]1CC(=O)N(c2ccc3ccccc3c2)C1. The molecule has 1 aliphatic heterocycles. The summed E-state index contributed by atoms with van der Waals surface area (Å²) in [6.07, 6.45) is 0.103. The summed E-state index contributed by atoms with van der Waals surface area (Å²) in [5.74, 6) is -1.09. The molecule has 7 heteroatoms. The molecule has 0 N–H and O–H groups in total. The summed E-state index contributed by atoms with van der Waals surface area (Å²) in [4.78, 5) is 36.7. The third-order valence-corrected chi connectivity index (χ3v) is 5.03.